The lowest BCUT2D eigenvalue weighted by atomic mass is 10.1. The number of carbonyl (C=O) groups is 1. The highest BCUT2D eigenvalue weighted by atomic mass is 16.4. The smallest absolute Gasteiger partial charge is 0.356 e. The molecule has 0 aliphatic rings. The van der Waals surface area contributed by atoms with Gasteiger partial charge in [0, 0.05) is 6.54 Å². The van der Waals surface area contributed by atoms with Crippen molar-refractivity contribution in [3.05, 3.63) is 53.5 Å². The van der Waals surface area contributed by atoms with Crippen LogP contribution in [0.5, 0.6) is 0 Å². The van der Waals surface area contributed by atoms with E-state index in [-0.39, 0.29) is 5.69 Å². The van der Waals surface area contributed by atoms with Gasteiger partial charge in [0.25, 0.3) is 0 Å². The number of anilines is 1. The van der Waals surface area contributed by atoms with Gasteiger partial charge in [0.15, 0.2) is 5.69 Å². The quantitative estimate of drug-likeness (QED) is 0.860. The van der Waals surface area contributed by atoms with Gasteiger partial charge in [-0.3, -0.25) is 4.98 Å². The van der Waals surface area contributed by atoms with Crippen LogP contribution in [0.25, 0.3) is 0 Å². The van der Waals surface area contributed by atoms with E-state index in [0.29, 0.717) is 17.9 Å². The van der Waals surface area contributed by atoms with Crippen molar-refractivity contribution in [2.75, 3.05) is 5.32 Å². The van der Waals surface area contributed by atoms with Crippen LogP contribution in [0.4, 0.5) is 5.82 Å². The van der Waals surface area contributed by atoms with Crippen molar-refractivity contribution in [3.8, 4) is 6.07 Å². The lowest BCUT2D eigenvalue weighted by molar-refractivity contribution is 0.0690. The first-order chi connectivity index (χ1) is 9.19. The first-order valence-corrected chi connectivity index (χ1v) is 5.47. The van der Waals surface area contributed by atoms with Crippen molar-refractivity contribution in [3.63, 3.8) is 0 Å². The maximum atomic E-state index is 10.7. The zero-order valence-corrected chi connectivity index (χ0v) is 9.87. The van der Waals surface area contributed by atoms with Crippen LogP contribution in [0.1, 0.15) is 21.6 Å². The summed E-state index contributed by atoms with van der Waals surface area (Å²) in [5.41, 5.74) is 1.45. The van der Waals surface area contributed by atoms with E-state index < -0.39 is 5.97 Å². The lowest BCUT2D eigenvalue weighted by Gasteiger charge is -2.05. The number of hydrogen-bond acceptors (Lipinski definition) is 5. The predicted octanol–water partition coefficient (Wildman–Crippen LogP) is 1.66. The van der Waals surface area contributed by atoms with Crippen molar-refractivity contribution < 1.29 is 9.90 Å². The van der Waals surface area contributed by atoms with Gasteiger partial charge in [-0.2, -0.15) is 5.26 Å². The molecule has 0 aliphatic carbocycles. The summed E-state index contributed by atoms with van der Waals surface area (Å²) in [5, 5.41) is 20.4. The minimum Gasteiger partial charge on any atom is -0.476 e. The lowest BCUT2D eigenvalue weighted by Crippen LogP contribution is -2.06. The molecule has 0 spiro atoms. The van der Waals surface area contributed by atoms with E-state index in [9.17, 15) is 4.79 Å². The van der Waals surface area contributed by atoms with E-state index in [1.807, 2.05) is 18.2 Å². The van der Waals surface area contributed by atoms with Crippen molar-refractivity contribution in [1.29, 1.82) is 5.26 Å². The summed E-state index contributed by atoms with van der Waals surface area (Å²) in [5.74, 6) is -0.723. The van der Waals surface area contributed by atoms with Crippen LogP contribution >= 0.6 is 0 Å². The van der Waals surface area contributed by atoms with Gasteiger partial charge in [0.05, 0.1) is 24.0 Å². The Hall–Kier alpha value is -2.94. The average Bonchev–Trinajstić information content (AvgIpc) is 2.46. The number of benzene rings is 1. The van der Waals surface area contributed by atoms with Gasteiger partial charge in [0.2, 0.25) is 0 Å². The molecule has 1 aromatic heterocycles. The van der Waals surface area contributed by atoms with Crippen LogP contribution in [-0.4, -0.2) is 21.0 Å². The first-order valence-electron chi connectivity index (χ1n) is 5.47. The topological polar surface area (TPSA) is 98.9 Å². The van der Waals surface area contributed by atoms with E-state index in [1.165, 1.54) is 12.4 Å². The Morgan fingerprint density at radius 2 is 2.05 bits per heavy atom. The number of hydrogen-bond donors (Lipinski definition) is 2. The molecule has 94 valence electrons. The fraction of sp³-hybridized carbons (Fsp3) is 0.0769. The molecule has 0 bridgehead atoms. The molecule has 6 nitrogen and oxygen atoms in total. The Morgan fingerprint density at radius 3 is 2.68 bits per heavy atom. The number of nitrogens with one attached hydrogen (secondary N) is 1. The zero-order chi connectivity index (χ0) is 13.7. The number of nitrogens with zero attached hydrogens (tertiary/aromatic N) is 3. The maximum absolute atomic E-state index is 10.7. The largest absolute Gasteiger partial charge is 0.476 e. The molecule has 2 rings (SSSR count). The maximum Gasteiger partial charge on any atom is 0.356 e. The van der Waals surface area contributed by atoms with Crippen LogP contribution in [-0.2, 0) is 6.54 Å². The molecule has 1 aromatic carbocycles. The second kappa shape index (κ2) is 5.60. The second-order valence-corrected chi connectivity index (χ2v) is 3.76. The second-order valence-electron chi connectivity index (χ2n) is 3.76. The predicted molar refractivity (Wildman–Crippen MR) is 67.5 cm³/mol. The highest BCUT2D eigenvalue weighted by molar-refractivity contribution is 5.85. The normalized spacial score (nSPS) is 9.63. The van der Waals surface area contributed by atoms with Gasteiger partial charge in [-0.25, -0.2) is 9.78 Å². The Kier molecular flexibility index (Phi) is 3.69. The third-order valence-electron chi connectivity index (χ3n) is 2.41. The van der Waals surface area contributed by atoms with Crippen molar-refractivity contribution in [2.45, 2.75) is 6.54 Å². The number of carboxylic acids is 1. The Bertz CT molecular complexity index is 632. The van der Waals surface area contributed by atoms with Crippen LogP contribution in [0.3, 0.4) is 0 Å². The summed E-state index contributed by atoms with van der Waals surface area (Å²) < 4.78 is 0. The monoisotopic (exact) mass is 254 g/mol. The van der Waals surface area contributed by atoms with E-state index in [0.717, 1.165) is 5.56 Å². The molecule has 0 saturated heterocycles. The molecule has 2 N–H and O–H groups in total. The van der Waals surface area contributed by atoms with Crippen molar-refractivity contribution >= 4 is 11.8 Å². The van der Waals surface area contributed by atoms with Gasteiger partial charge >= 0.3 is 5.97 Å². The number of aromatic nitrogens is 2. The van der Waals surface area contributed by atoms with Crippen LogP contribution in [0, 0.1) is 11.3 Å². The first kappa shape index (κ1) is 12.5. The molecule has 6 heteroatoms. The van der Waals surface area contributed by atoms with E-state index >= 15 is 0 Å². The van der Waals surface area contributed by atoms with Crippen molar-refractivity contribution in [2.24, 2.45) is 0 Å². The molecule has 19 heavy (non-hydrogen) atoms. The standard InChI is InChI=1S/C13H10N4O2/c14-5-9-1-3-10(4-2-9)6-16-12-8-15-7-11(17-12)13(18)19/h1-4,7-8H,6H2,(H,16,17)(H,18,19). The molecule has 0 aliphatic heterocycles. The fourth-order valence-electron chi connectivity index (χ4n) is 1.44. The minimum absolute atomic E-state index is 0.107. The highest BCUT2D eigenvalue weighted by Crippen LogP contribution is 2.07. The fourth-order valence-corrected chi connectivity index (χ4v) is 1.44. The van der Waals surface area contributed by atoms with Gasteiger partial charge in [-0.15, -0.1) is 0 Å². The minimum atomic E-state index is -1.12. The number of rotatable bonds is 4. The van der Waals surface area contributed by atoms with Crippen LogP contribution in [0.2, 0.25) is 0 Å². The third-order valence-corrected chi connectivity index (χ3v) is 2.41. The summed E-state index contributed by atoms with van der Waals surface area (Å²) >= 11 is 0. The van der Waals surface area contributed by atoms with Gasteiger partial charge in [-0.05, 0) is 17.7 Å². The summed E-state index contributed by atoms with van der Waals surface area (Å²) in [4.78, 5) is 18.4. The van der Waals surface area contributed by atoms with Crippen LogP contribution < -0.4 is 5.32 Å². The molecular weight excluding hydrogens is 244 g/mol. The highest BCUT2D eigenvalue weighted by Gasteiger charge is 2.05. The van der Waals surface area contributed by atoms with E-state index in [1.54, 1.807) is 12.1 Å². The molecule has 2 aromatic rings. The molecular formula is C13H10N4O2. The van der Waals surface area contributed by atoms with Crippen molar-refractivity contribution in [1.82, 2.24) is 9.97 Å². The van der Waals surface area contributed by atoms with Gasteiger partial charge < -0.3 is 10.4 Å². The van der Waals surface area contributed by atoms with E-state index in [4.69, 9.17) is 10.4 Å². The zero-order valence-electron chi connectivity index (χ0n) is 9.87. The Labute approximate surface area is 109 Å². The number of aromatic carboxylic acids is 1. The Morgan fingerprint density at radius 1 is 1.32 bits per heavy atom. The van der Waals surface area contributed by atoms with E-state index in [2.05, 4.69) is 15.3 Å². The number of nitriles is 1. The molecule has 0 radical (unpaired) electrons. The van der Waals surface area contributed by atoms with Gasteiger partial charge in [0.1, 0.15) is 5.82 Å². The number of carboxylic acid groups (broad SMARTS) is 1. The summed E-state index contributed by atoms with van der Waals surface area (Å²) in [6.45, 7) is 0.476. The summed E-state index contributed by atoms with van der Waals surface area (Å²) in [6.07, 6.45) is 2.64. The molecule has 1 heterocycles. The van der Waals surface area contributed by atoms with Gasteiger partial charge in [-0.1, -0.05) is 12.1 Å². The molecule has 0 amide bonds. The third kappa shape index (κ3) is 3.26. The summed E-state index contributed by atoms with van der Waals surface area (Å²) in [6, 6.07) is 9.12. The molecule has 0 saturated carbocycles. The molecule has 0 atom stereocenters. The molecule has 0 unspecified atom stereocenters. The SMILES string of the molecule is N#Cc1ccc(CNc2cncc(C(=O)O)n2)cc1. The summed E-state index contributed by atoms with van der Waals surface area (Å²) in [7, 11) is 0. The van der Waals surface area contributed by atoms with Crippen LogP contribution in [0.15, 0.2) is 36.7 Å². The average molecular weight is 254 g/mol. The molecule has 0 fully saturated rings. The Balaban J connectivity index is 2.03.